The second-order valence-electron chi connectivity index (χ2n) is 6.07. The molecule has 1 aliphatic rings. The summed E-state index contributed by atoms with van der Waals surface area (Å²) in [5, 5.41) is 0. The van der Waals surface area contributed by atoms with Crippen LogP contribution in [0.4, 0.5) is 0 Å². The van der Waals surface area contributed by atoms with E-state index in [1.54, 1.807) is 12.1 Å². The summed E-state index contributed by atoms with van der Waals surface area (Å²) < 4.78 is 28.3. The molecule has 1 aromatic rings. The van der Waals surface area contributed by atoms with Crippen LogP contribution in [0.15, 0.2) is 29.2 Å². The minimum Gasteiger partial charge on any atom is -0.493 e. The van der Waals surface area contributed by atoms with Crippen LogP contribution in [0.25, 0.3) is 0 Å². The molecule has 1 amide bonds. The SMILES string of the molecule is CC1CC(CN)CN1C(=O)CCOc1ccc(S(C)(=O)=O)cc1. The molecule has 0 aliphatic carbocycles. The fraction of sp³-hybridized carbons (Fsp3) is 0.562. The van der Waals surface area contributed by atoms with Gasteiger partial charge in [0.2, 0.25) is 5.91 Å². The Morgan fingerprint density at radius 3 is 2.52 bits per heavy atom. The van der Waals surface area contributed by atoms with Crippen molar-refractivity contribution in [3.8, 4) is 5.75 Å². The first-order valence-corrected chi connectivity index (χ1v) is 9.63. The Bertz CT molecular complexity index is 643. The number of nitrogens with zero attached hydrogens (tertiary/aromatic N) is 1. The molecule has 2 atom stereocenters. The van der Waals surface area contributed by atoms with Crippen LogP contribution in [-0.4, -0.2) is 51.2 Å². The van der Waals surface area contributed by atoms with E-state index in [0.717, 1.165) is 19.2 Å². The van der Waals surface area contributed by atoms with E-state index in [1.165, 1.54) is 12.1 Å². The molecular weight excluding hydrogens is 316 g/mol. The molecule has 7 heteroatoms. The molecule has 2 unspecified atom stereocenters. The van der Waals surface area contributed by atoms with Crippen molar-refractivity contribution in [2.24, 2.45) is 11.7 Å². The number of amides is 1. The predicted molar refractivity (Wildman–Crippen MR) is 88.0 cm³/mol. The zero-order valence-corrected chi connectivity index (χ0v) is 14.4. The number of hydrogen-bond donors (Lipinski definition) is 1. The number of hydrogen-bond acceptors (Lipinski definition) is 5. The number of carbonyl (C=O) groups excluding carboxylic acids is 1. The van der Waals surface area contributed by atoms with Crippen LogP contribution in [0.1, 0.15) is 19.8 Å². The number of likely N-dealkylation sites (tertiary alicyclic amines) is 1. The zero-order chi connectivity index (χ0) is 17.0. The molecule has 1 saturated heterocycles. The minimum absolute atomic E-state index is 0.0706. The highest BCUT2D eigenvalue weighted by Gasteiger charge is 2.31. The molecule has 23 heavy (non-hydrogen) atoms. The van der Waals surface area contributed by atoms with Crippen molar-refractivity contribution in [3.63, 3.8) is 0 Å². The fourth-order valence-electron chi connectivity index (χ4n) is 2.84. The van der Waals surface area contributed by atoms with E-state index in [0.29, 0.717) is 24.6 Å². The van der Waals surface area contributed by atoms with Gasteiger partial charge in [-0.1, -0.05) is 0 Å². The van der Waals surface area contributed by atoms with Crippen LogP contribution in [0, 0.1) is 5.92 Å². The summed E-state index contributed by atoms with van der Waals surface area (Å²) in [5.74, 6) is 1.01. The molecule has 1 aliphatic heterocycles. The Balaban J connectivity index is 1.82. The molecule has 6 nitrogen and oxygen atoms in total. The number of carbonyl (C=O) groups is 1. The van der Waals surface area contributed by atoms with Crippen molar-refractivity contribution in [3.05, 3.63) is 24.3 Å². The van der Waals surface area contributed by atoms with Gasteiger partial charge in [0.25, 0.3) is 0 Å². The highest BCUT2D eigenvalue weighted by molar-refractivity contribution is 7.90. The maximum Gasteiger partial charge on any atom is 0.226 e. The summed E-state index contributed by atoms with van der Waals surface area (Å²) >= 11 is 0. The third kappa shape index (κ3) is 4.68. The summed E-state index contributed by atoms with van der Waals surface area (Å²) in [4.78, 5) is 14.3. The smallest absolute Gasteiger partial charge is 0.226 e. The normalized spacial score (nSPS) is 21.4. The molecule has 128 valence electrons. The number of rotatable bonds is 6. The minimum atomic E-state index is -3.21. The van der Waals surface area contributed by atoms with E-state index in [2.05, 4.69) is 0 Å². The molecule has 0 spiro atoms. The van der Waals surface area contributed by atoms with Gasteiger partial charge < -0.3 is 15.4 Å². The van der Waals surface area contributed by atoms with E-state index in [9.17, 15) is 13.2 Å². The summed E-state index contributed by atoms with van der Waals surface area (Å²) in [5.41, 5.74) is 5.67. The molecule has 1 heterocycles. The monoisotopic (exact) mass is 340 g/mol. The molecule has 2 N–H and O–H groups in total. The summed E-state index contributed by atoms with van der Waals surface area (Å²) in [7, 11) is -3.21. The van der Waals surface area contributed by atoms with Gasteiger partial charge in [-0.05, 0) is 50.1 Å². The van der Waals surface area contributed by atoms with Crippen molar-refractivity contribution in [1.29, 1.82) is 0 Å². The standard InChI is InChI=1S/C16H24N2O4S/c1-12-9-13(10-17)11-18(12)16(19)7-8-22-14-3-5-15(6-4-14)23(2,20)21/h3-6,12-13H,7-11,17H2,1-2H3. The summed E-state index contributed by atoms with van der Waals surface area (Å²) in [6.45, 7) is 3.64. The molecule has 0 bridgehead atoms. The van der Waals surface area contributed by atoms with Crippen LogP contribution in [0.5, 0.6) is 5.75 Å². The van der Waals surface area contributed by atoms with E-state index < -0.39 is 9.84 Å². The predicted octanol–water partition coefficient (Wildman–Crippen LogP) is 1.05. The number of nitrogens with two attached hydrogens (primary N) is 1. The number of ether oxygens (including phenoxy) is 1. The molecular formula is C16H24N2O4S. The Hall–Kier alpha value is -1.60. The van der Waals surface area contributed by atoms with Gasteiger partial charge in [-0.2, -0.15) is 0 Å². The maximum absolute atomic E-state index is 12.2. The van der Waals surface area contributed by atoms with Crippen molar-refractivity contribution >= 4 is 15.7 Å². The van der Waals surface area contributed by atoms with Gasteiger partial charge in [0, 0.05) is 18.8 Å². The Kier molecular flexibility index (Phi) is 5.64. The molecule has 2 rings (SSSR count). The quantitative estimate of drug-likeness (QED) is 0.836. The van der Waals surface area contributed by atoms with Gasteiger partial charge in [-0.15, -0.1) is 0 Å². The van der Waals surface area contributed by atoms with Gasteiger partial charge >= 0.3 is 0 Å². The lowest BCUT2D eigenvalue weighted by Gasteiger charge is -2.21. The maximum atomic E-state index is 12.2. The van der Waals surface area contributed by atoms with Crippen LogP contribution >= 0.6 is 0 Å². The molecule has 0 radical (unpaired) electrons. The molecule has 0 aromatic heterocycles. The van der Waals surface area contributed by atoms with E-state index in [4.69, 9.17) is 10.5 Å². The third-order valence-electron chi connectivity index (χ3n) is 4.15. The zero-order valence-electron chi connectivity index (χ0n) is 13.6. The van der Waals surface area contributed by atoms with Crippen LogP contribution in [0.2, 0.25) is 0 Å². The van der Waals surface area contributed by atoms with Crippen LogP contribution < -0.4 is 10.5 Å². The number of sulfone groups is 1. The van der Waals surface area contributed by atoms with Gasteiger partial charge in [0.1, 0.15) is 5.75 Å². The number of benzene rings is 1. The van der Waals surface area contributed by atoms with Crippen molar-refractivity contribution in [1.82, 2.24) is 4.90 Å². The highest BCUT2D eigenvalue weighted by Crippen LogP contribution is 2.23. The Labute approximate surface area is 137 Å². The van der Waals surface area contributed by atoms with E-state index >= 15 is 0 Å². The average Bonchev–Trinajstić information content (AvgIpc) is 2.88. The first-order chi connectivity index (χ1) is 10.8. The van der Waals surface area contributed by atoms with Crippen LogP contribution in [-0.2, 0) is 14.6 Å². The van der Waals surface area contributed by atoms with Crippen molar-refractivity contribution in [2.45, 2.75) is 30.7 Å². The Morgan fingerprint density at radius 2 is 2.00 bits per heavy atom. The first-order valence-electron chi connectivity index (χ1n) is 7.73. The topological polar surface area (TPSA) is 89.7 Å². The lowest BCUT2D eigenvalue weighted by Crippen LogP contribution is -2.35. The lowest BCUT2D eigenvalue weighted by molar-refractivity contribution is -0.132. The lowest BCUT2D eigenvalue weighted by atomic mass is 10.1. The van der Waals surface area contributed by atoms with E-state index in [1.807, 2.05) is 11.8 Å². The van der Waals surface area contributed by atoms with Crippen molar-refractivity contribution < 1.29 is 17.9 Å². The summed E-state index contributed by atoms with van der Waals surface area (Å²) in [6.07, 6.45) is 2.42. The largest absolute Gasteiger partial charge is 0.493 e. The van der Waals surface area contributed by atoms with Gasteiger partial charge in [0.05, 0.1) is 17.9 Å². The third-order valence-corrected chi connectivity index (χ3v) is 5.28. The van der Waals surface area contributed by atoms with Gasteiger partial charge in [-0.25, -0.2) is 8.42 Å². The second kappa shape index (κ2) is 7.31. The van der Waals surface area contributed by atoms with E-state index in [-0.39, 0.29) is 23.5 Å². The molecule has 1 aromatic carbocycles. The van der Waals surface area contributed by atoms with Gasteiger partial charge in [0.15, 0.2) is 9.84 Å². The fourth-order valence-corrected chi connectivity index (χ4v) is 3.47. The average molecular weight is 340 g/mol. The second-order valence-corrected chi connectivity index (χ2v) is 8.09. The Morgan fingerprint density at radius 1 is 1.35 bits per heavy atom. The molecule has 0 saturated carbocycles. The first kappa shape index (κ1) is 17.7. The highest BCUT2D eigenvalue weighted by atomic mass is 32.2. The van der Waals surface area contributed by atoms with Crippen LogP contribution in [0.3, 0.4) is 0 Å². The van der Waals surface area contributed by atoms with Crippen molar-refractivity contribution in [2.75, 3.05) is 26.0 Å². The summed E-state index contributed by atoms with van der Waals surface area (Å²) in [6, 6.07) is 6.43. The molecule has 1 fully saturated rings. The van der Waals surface area contributed by atoms with Gasteiger partial charge in [-0.3, -0.25) is 4.79 Å².